The maximum Gasteiger partial charge on any atom is 0.167 e. The van der Waals surface area contributed by atoms with Crippen molar-refractivity contribution in [2.45, 2.75) is 32.8 Å². The summed E-state index contributed by atoms with van der Waals surface area (Å²) in [5, 5.41) is 0. The molecule has 0 aliphatic heterocycles. The van der Waals surface area contributed by atoms with E-state index in [1.54, 1.807) is 25.1 Å². The molecule has 1 unspecified atom stereocenters. The molecule has 1 rings (SSSR count). The van der Waals surface area contributed by atoms with Gasteiger partial charge in [0.05, 0.1) is 6.10 Å². The summed E-state index contributed by atoms with van der Waals surface area (Å²) < 4.78 is 19.0. The van der Waals surface area contributed by atoms with Gasteiger partial charge < -0.3 is 10.5 Å². The standard InChI is InChI=1S/C12H18FNO/c1-9-5-3-7-11(12(9)13)15-10(2)6-4-8-14/h3,5,7,10H,4,6,8,14H2,1-2H3. The van der Waals surface area contributed by atoms with E-state index in [0.717, 1.165) is 12.8 Å². The van der Waals surface area contributed by atoms with E-state index < -0.39 is 0 Å². The van der Waals surface area contributed by atoms with Crippen molar-refractivity contribution < 1.29 is 9.13 Å². The van der Waals surface area contributed by atoms with Crippen LogP contribution in [0.25, 0.3) is 0 Å². The summed E-state index contributed by atoms with van der Waals surface area (Å²) in [7, 11) is 0. The molecule has 15 heavy (non-hydrogen) atoms. The smallest absolute Gasteiger partial charge is 0.167 e. The summed E-state index contributed by atoms with van der Waals surface area (Å²) in [5.41, 5.74) is 6.00. The van der Waals surface area contributed by atoms with Gasteiger partial charge in [0, 0.05) is 0 Å². The molecular weight excluding hydrogens is 193 g/mol. The van der Waals surface area contributed by atoms with E-state index in [9.17, 15) is 4.39 Å². The van der Waals surface area contributed by atoms with Crippen LogP contribution in [0.5, 0.6) is 5.75 Å². The van der Waals surface area contributed by atoms with Crippen molar-refractivity contribution in [2.75, 3.05) is 6.54 Å². The van der Waals surface area contributed by atoms with E-state index in [-0.39, 0.29) is 11.9 Å². The fourth-order valence-corrected chi connectivity index (χ4v) is 1.39. The molecule has 0 aliphatic rings. The maximum absolute atomic E-state index is 13.5. The van der Waals surface area contributed by atoms with Crippen molar-refractivity contribution in [3.8, 4) is 5.75 Å². The lowest BCUT2D eigenvalue weighted by atomic mass is 10.2. The Balaban J connectivity index is 2.60. The van der Waals surface area contributed by atoms with Gasteiger partial charge in [0.25, 0.3) is 0 Å². The van der Waals surface area contributed by atoms with Crippen LogP contribution in [-0.4, -0.2) is 12.6 Å². The molecule has 0 saturated heterocycles. The number of aryl methyl sites for hydroxylation is 1. The third-order valence-electron chi connectivity index (χ3n) is 2.30. The lowest BCUT2D eigenvalue weighted by Gasteiger charge is -2.15. The number of ether oxygens (including phenoxy) is 1. The molecule has 0 fully saturated rings. The Kier molecular flexibility index (Phi) is 4.56. The normalized spacial score (nSPS) is 12.5. The Bertz CT molecular complexity index is 314. The molecule has 2 nitrogen and oxygen atoms in total. The van der Waals surface area contributed by atoms with Gasteiger partial charge in [0.15, 0.2) is 11.6 Å². The van der Waals surface area contributed by atoms with Crippen LogP contribution >= 0.6 is 0 Å². The van der Waals surface area contributed by atoms with Gasteiger partial charge >= 0.3 is 0 Å². The van der Waals surface area contributed by atoms with Gasteiger partial charge in [-0.25, -0.2) is 4.39 Å². The minimum atomic E-state index is -0.267. The molecule has 0 radical (unpaired) electrons. The third kappa shape index (κ3) is 3.51. The Hall–Kier alpha value is -1.09. The van der Waals surface area contributed by atoms with Crippen molar-refractivity contribution in [1.29, 1.82) is 0 Å². The van der Waals surface area contributed by atoms with E-state index >= 15 is 0 Å². The molecule has 0 bridgehead atoms. The molecule has 0 amide bonds. The highest BCUT2D eigenvalue weighted by molar-refractivity contribution is 5.30. The number of benzene rings is 1. The van der Waals surface area contributed by atoms with E-state index in [2.05, 4.69) is 0 Å². The van der Waals surface area contributed by atoms with Crippen LogP contribution in [0.2, 0.25) is 0 Å². The van der Waals surface area contributed by atoms with Crippen LogP contribution in [0.15, 0.2) is 18.2 Å². The summed E-state index contributed by atoms with van der Waals surface area (Å²) in [4.78, 5) is 0. The second-order valence-electron chi connectivity index (χ2n) is 3.75. The van der Waals surface area contributed by atoms with Crippen LogP contribution < -0.4 is 10.5 Å². The Morgan fingerprint density at radius 2 is 2.20 bits per heavy atom. The molecule has 0 aliphatic carbocycles. The van der Waals surface area contributed by atoms with E-state index in [1.807, 2.05) is 6.92 Å². The summed E-state index contributed by atoms with van der Waals surface area (Å²) in [6.45, 7) is 4.30. The maximum atomic E-state index is 13.5. The predicted molar refractivity (Wildman–Crippen MR) is 59.5 cm³/mol. The third-order valence-corrected chi connectivity index (χ3v) is 2.30. The first-order valence-corrected chi connectivity index (χ1v) is 5.27. The van der Waals surface area contributed by atoms with Crippen molar-refractivity contribution in [2.24, 2.45) is 5.73 Å². The first kappa shape index (κ1) is 12.0. The molecule has 0 saturated carbocycles. The zero-order valence-electron chi connectivity index (χ0n) is 9.29. The predicted octanol–water partition coefficient (Wildman–Crippen LogP) is 2.64. The molecule has 0 heterocycles. The van der Waals surface area contributed by atoms with Crippen molar-refractivity contribution in [1.82, 2.24) is 0 Å². The van der Waals surface area contributed by atoms with Gasteiger partial charge in [0.2, 0.25) is 0 Å². The summed E-state index contributed by atoms with van der Waals surface area (Å²) in [5.74, 6) is 0.0663. The molecule has 3 heteroatoms. The zero-order valence-corrected chi connectivity index (χ0v) is 9.29. The van der Waals surface area contributed by atoms with E-state index in [0.29, 0.717) is 17.9 Å². The zero-order chi connectivity index (χ0) is 11.3. The fourth-order valence-electron chi connectivity index (χ4n) is 1.39. The average molecular weight is 211 g/mol. The van der Waals surface area contributed by atoms with Crippen molar-refractivity contribution >= 4 is 0 Å². The Morgan fingerprint density at radius 1 is 1.47 bits per heavy atom. The average Bonchev–Trinajstić information content (AvgIpc) is 2.22. The van der Waals surface area contributed by atoms with E-state index in [1.165, 1.54) is 0 Å². The van der Waals surface area contributed by atoms with Gasteiger partial charge in [0.1, 0.15) is 0 Å². The molecule has 1 aromatic rings. The van der Waals surface area contributed by atoms with Crippen LogP contribution in [0.4, 0.5) is 4.39 Å². The highest BCUT2D eigenvalue weighted by Gasteiger charge is 2.09. The highest BCUT2D eigenvalue weighted by Crippen LogP contribution is 2.21. The summed E-state index contributed by atoms with van der Waals surface area (Å²) >= 11 is 0. The van der Waals surface area contributed by atoms with E-state index in [4.69, 9.17) is 10.5 Å². The largest absolute Gasteiger partial charge is 0.488 e. The SMILES string of the molecule is Cc1cccc(OC(C)CCCN)c1F. The lowest BCUT2D eigenvalue weighted by molar-refractivity contribution is 0.199. The molecule has 84 valence electrons. The highest BCUT2D eigenvalue weighted by atomic mass is 19.1. The summed E-state index contributed by atoms with van der Waals surface area (Å²) in [6.07, 6.45) is 1.75. The lowest BCUT2D eigenvalue weighted by Crippen LogP contribution is -2.14. The van der Waals surface area contributed by atoms with Gasteiger partial charge in [-0.05, 0) is 44.9 Å². The molecule has 1 atom stereocenters. The molecule has 2 N–H and O–H groups in total. The number of nitrogens with two attached hydrogens (primary N) is 1. The topological polar surface area (TPSA) is 35.2 Å². The van der Waals surface area contributed by atoms with Crippen LogP contribution in [-0.2, 0) is 0 Å². The Labute approximate surface area is 90.2 Å². The molecule has 1 aromatic carbocycles. The number of rotatable bonds is 5. The second-order valence-corrected chi connectivity index (χ2v) is 3.75. The Morgan fingerprint density at radius 3 is 2.87 bits per heavy atom. The minimum Gasteiger partial charge on any atom is -0.488 e. The van der Waals surface area contributed by atoms with Crippen LogP contribution in [0.1, 0.15) is 25.3 Å². The molecular formula is C12H18FNO. The fraction of sp³-hybridized carbons (Fsp3) is 0.500. The molecule has 0 aromatic heterocycles. The van der Waals surface area contributed by atoms with Gasteiger partial charge in [-0.15, -0.1) is 0 Å². The van der Waals surface area contributed by atoms with Crippen molar-refractivity contribution in [3.05, 3.63) is 29.6 Å². The first-order valence-electron chi connectivity index (χ1n) is 5.27. The van der Waals surface area contributed by atoms with Crippen molar-refractivity contribution in [3.63, 3.8) is 0 Å². The summed E-state index contributed by atoms with van der Waals surface area (Å²) in [6, 6.07) is 5.18. The van der Waals surface area contributed by atoms with Gasteiger partial charge in [-0.2, -0.15) is 0 Å². The second kappa shape index (κ2) is 5.71. The van der Waals surface area contributed by atoms with Gasteiger partial charge in [-0.3, -0.25) is 0 Å². The number of hydrogen-bond donors (Lipinski definition) is 1. The van der Waals surface area contributed by atoms with Crippen LogP contribution in [0.3, 0.4) is 0 Å². The number of halogens is 1. The van der Waals surface area contributed by atoms with Gasteiger partial charge in [-0.1, -0.05) is 12.1 Å². The first-order chi connectivity index (χ1) is 7.15. The molecule has 0 spiro atoms. The minimum absolute atomic E-state index is 0.00449. The quantitative estimate of drug-likeness (QED) is 0.812. The van der Waals surface area contributed by atoms with Crippen LogP contribution in [0, 0.1) is 12.7 Å². The number of hydrogen-bond acceptors (Lipinski definition) is 2. The monoisotopic (exact) mass is 211 g/mol.